The molecule has 5 nitrogen and oxygen atoms in total. The molecule has 0 saturated carbocycles. The van der Waals surface area contributed by atoms with Gasteiger partial charge in [0, 0.05) is 29.7 Å². The number of carbonyl (C=O) groups excluding carboxylic acids is 3. The molecule has 0 bridgehead atoms. The fraction of sp³-hybridized carbons (Fsp3) is 0.350. The molecule has 0 atom stereocenters. The van der Waals surface area contributed by atoms with Crippen molar-refractivity contribution in [2.45, 2.75) is 40.5 Å². The number of fused-ring (bicyclic) bond motifs is 1. The molecule has 3 rings (SSSR count). The van der Waals surface area contributed by atoms with Crippen LogP contribution in [0.5, 0.6) is 0 Å². The molecule has 5 heteroatoms. The number of hydrogen-bond donors (Lipinski definition) is 1. The van der Waals surface area contributed by atoms with Crippen LogP contribution in [0.25, 0.3) is 0 Å². The highest BCUT2D eigenvalue weighted by molar-refractivity contribution is 6.08. The average molecular weight is 339 g/mol. The van der Waals surface area contributed by atoms with Crippen LogP contribution in [0.3, 0.4) is 0 Å². The van der Waals surface area contributed by atoms with E-state index >= 15 is 0 Å². The number of amides is 1. The van der Waals surface area contributed by atoms with E-state index in [0.717, 1.165) is 0 Å². The number of nitrogens with one attached hydrogen (secondary N) is 1. The number of Topliss-reactive ketones (excluding diaryl/α,β-unsaturated/α-hetero) is 2. The smallest absolute Gasteiger partial charge is 0.291 e. The maximum absolute atomic E-state index is 12.6. The quantitative estimate of drug-likeness (QED) is 0.850. The number of ketones is 2. The summed E-state index contributed by atoms with van der Waals surface area (Å²) in [6.45, 7) is 7.23. The molecule has 1 N–H and O–H groups in total. The molecule has 1 aromatic heterocycles. The summed E-state index contributed by atoms with van der Waals surface area (Å²) in [5.41, 5.74) is 1.98. The second-order valence-corrected chi connectivity index (χ2v) is 7.39. The summed E-state index contributed by atoms with van der Waals surface area (Å²) in [5.74, 6) is 0.266. The van der Waals surface area contributed by atoms with Gasteiger partial charge in [0.25, 0.3) is 5.91 Å². The third-order valence-corrected chi connectivity index (χ3v) is 4.51. The van der Waals surface area contributed by atoms with E-state index in [1.54, 1.807) is 31.2 Å². The highest BCUT2D eigenvalue weighted by atomic mass is 16.4. The molecule has 0 spiro atoms. The van der Waals surface area contributed by atoms with Crippen LogP contribution in [-0.2, 0) is 6.42 Å². The minimum Gasteiger partial charge on any atom is -0.455 e. The summed E-state index contributed by atoms with van der Waals surface area (Å²) < 4.78 is 5.75. The number of rotatable bonds is 3. The Bertz CT molecular complexity index is 889. The summed E-state index contributed by atoms with van der Waals surface area (Å²) in [5, 5.41) is 2.74. The minimum absolute atomic E-state index is 0.0186. The maximum Gasteiger partial charge on any atom is 0.291 e. The lowest BCUT2D eigenvalue weighted by Crippen LogP contribution is -2.26. The van der Waals surface area contributed by atoms with Crippen molar-refractivity contribution in [2.75, 3.05) is 5.32 Å². The number of furan rings is 1. The van der Waals surface area contributed by atoms with Gasteiger partial charge in [0.1, 0.15) is 5.76 Å². The Morgan fingerprint density at radius 2 is 1.92 bits per heavy atom. The van der Waals surface area contributed by atoms with E-state index in [-0.39, 0.29) is 22.7 Å². The minimum atomic E-state index is -0.418. The Labute approximate surface area is 146 Å². The molecular formula is C20H21NO4. The lowest BCUT2D eigenvalue weighted by atomic mass is 9.76. The van der Waals surface area contributed by atoms with Gasteiger partial charge in [0.2, 0.25) is 0 Å². The zero-order valence-electron chi connectivity index (χ0n) is 14.9. The van der Waals surface area contributed by atoms with E-state index in [1.165, 1.54) is 6.92 Å². The van der Waals surface area contributed by atoms with Crippen molar-refractivity contribution in [3.05, 3.63) is 52.5 Å². The zero-order chi connectivity index (χ0) is 18.4. The van der Waals surface area contributed by atoms with Crippen molar-refractivity contribution in [2.24, 2.45) is 5.41 Å². The Kier molecular flexibility index (Phi) is 4.11. The van der Waals surface area contributed by atoms with E-state index in [4.69, 9.17) is 4.42 Å². The van der Waals surface area contributed by atoms with Crippen LogP contribution in [-0.4, -0.2) is 17.5 Å². The van der Waals surface area contributed by atoms with Crippen molar-refractivity contribution < 1.29 is 18.8 Å². The molecular weight excluding hydrogens is 318 g/mol. The molecule has 1 heterocycles. The van der Waals surface area contributed by atoms with Crippen molar-refractivity contribution in [3.63, 3.8) is 0 Å². The summed E-state index contributed by atoms with van der Waals surface area (Å²) in [4.78, 5) is 36.5. The monoisotopic (exact) mass is 339 g/mol. The molecule has 130 valence electrons. The third kappa shape index (κ3) is 3.27. The number of benzene rings is 1. The molecule has 25 heavy (non-hydrogen) atoms. The van der Waals surface area contributed by atoms with Gasteiger partial charge >= 0.3 is 0 Å². The van der Waals surface area contributed by atoms with Crippen LogP contribution in [0.4, 0.5) is 5.69 Å². The molecule has 0 saturated heterocycles. The van der Waals surface area contributed by atoms with Gasteiger partial charge in [-0.1, -0.05) is 26.0 Å². The standard InChI is InChI=1S/C20H21NO4/c1-11-17-15(23)9-20(3,4)10-16(17)25-18(11)19(24)21-14-7-5-6-13(8-14)12(2)22/h5-8H,9-10H2,1-4H3,(H,21,24). The van der Waals surface area contributed by atoms with Crippen LogP contribution in [0, 0.1) is 12.3 Å². The fourth-order valence-electron chi connectivity index (χ4n) is 3.30. The van der Waals surface area contributed by atoms with Gasteiger partial charge in [0.05, 0.1) is 5.56 Å². The van der Waals surface area contributed by atoms with Crippen molar-refractivity contribution in [1.29, 1.82) is 0 Å². The van der Waals surface area contributed by atoms with Crippen LogP contribution in [0.15, 0.2) is 28.7 Å². The van der Waals surface area contributed by atoms with Gasteiger partial charge in [0.15, 0.2) is 17.3 Å². The van der Waals surface area contributed by atoms with Crippen LogP contribution >= 0.6 is 0 Å². The SMILES string of the molecule is CC(=O)c1cccc(NC(=O)c2oc3c(c2C)C(=O)CC(C)(C)C3)c1. The first kappa shape index (κ1) is 17.1. The van der Waals surface area contributed by atoms with Gasteiger partial charge < -0.3 is 9.73 Å². The Morgan fingerprint density at radius 1 is 1.20 bits per heavy atom. The predicted molar refractivity (Wildman–Crippen MR) is 94.3 cm³/mol. The second kappa shape index (κ2) is 5.99. The molecule has 2 aromatic rings. The van der Waals surface area contributed by atoms with Crippen molar-refractivity contribution in [3.8, 4) is 0 Å². The highest BCUT2D eigenvalue weighted by Crippen LogP contribution is 2.38. The van der Waals surface area contributed by atoms with Crippen LogP contribution in [0.2, 0.25) is 0 Å². The lowest BCUT2D eigenvalue weighted by Gasteiger charge is -2.27. The third-order valence-electron chi connectivity index (χ3n) is 4.51. The average Bonchev–Trinajstić information content (AvgIpc) is 2.83. The van der Waals surface area contributed by atoms with E-state index in [9.17, 15) is 14.4 Å². The second-order valence-electron chi connectivity index (χ2n) is 7.39. The number of anilines is 1. The van der Waals surface area contributed by atoms with Gasteiger partial charge in [-0.15, -0.1) is 0 Å². The Balaban J connectivity index is 1.90. The van der Waals surface area contributed by atoms with Gasteiger partial charge in [-0.05, 0) is 31.4 Å². The van der Waals surface area contributed by atoms with E-state index in [0.29, 0.717) is 41.0 Å². The number of hydrogen-bond acceptors (Lipinski definition) is 4. The van der Waals surface area contributed by atoms with Crippen LogP contribution < -0.4 is 5.32 Å². The van der Waals surface area contributed by atoms with Crippen molar-refractivity contribution in [1.82, 2.24) is 0 Å². The maximum atomic E-state index is 12.6. The number of carbonyl (C=O) groups is 3. The van der Waals surface area contributed by atoms with Crippen molar-refractivity contribution >= 4 is 23.2 Å². The van der Waals surface area contributed by atoms with Gasteiger partial charge in [-0.2, -0.15) is 0 Å². The van der Waals surface area contributed by atoms with E-state index < -0.39 is 5.91 Å². The first-order valence-electron chi connectivity index (χ1n) is 8.26. The molecule has 0 fully saturated rings. The Hall–Kier alpha value is -2.69. The largest absolute Gasteiger partial charge is 0.455 e. The normalized spacial score (nSPS) is 15.6. The predicted octanol–water partition coefficient (Wildman–Crippen LogP) is 4.20. The van der Waals surface area contributed by atoms with E-state index in [1.807, 2.05) is 13.8 Å². The van der Waals surface area contributed by atoms with Crippen LogP contribution in [0.1, 0.15) is 69.8 Å². The molecule has 1 aliphatic rings. The molecule has 0 aliphatic heterocycles. The molecule has 1 aliphatic carbocycles. The molecule has 1 amide bonds. The zero-order valence-corrected chi connectivity index (χ0v) is 14.9. The molecule has 0 unspecified atom stereocenters. The first-order chi connectivity index (χ1) is 11.7. The summed E-state index contributed by atoms with van der Waals surface area (Å²) in [6.07, 6.45) is 1.07. The summed E-state index contributed by atoms with van der Waals surface area (Å²) >= 11 is 0. The van der Waals surface area contributed by atoms with Gasteiger partial charge in [-0.25, -0.2) is 0 Å². The van der Waals surface area contributed by atoms with Gasteiger partial charge in [-0.3, -0.25) is 14.4 Å². The topological polar surface area (TPSA) is 76.4 Å². The fourth-order valence-corrected chi connectivity index (χ4v) is 3.30. The summed E-state index contributed by atoms with van der Waals surface area (Å²) in [7, 11) is 0. The van der Waals surface area contributed by atoms with E-state index in [2.05, 4.69) is 5.32 Å². The molecule has 0 radical (unpaired) electrons. The first-order valence-corrected chi connectivity index (χ1v) is 8.26. The summed E-state index contributed by atoms with van der Waals surface area (Å²) in [6, 6.07) is 6.72. The lowest BCUT2D eigenvalue weighted by molar-refractivity contribution is 0.0898. The highest BCUT2D eigenvalue weighted by Gasteiger charge is 2.37. The Morgan fingerprint density at radius 3 is 2.60 bits per heavy atom. The molecule has 1 aromatic carbocycles.